The molecule has 17 heavy (non-hydrogen) atoms. The Hall–Kier alpha value is -1.35. The van der Waals surface area contributed by atoms with Crippen molar-refractivity contribution in [1.82, 2.24) is 9.47 Å². The molecule has 1 aliphatic rings. The summed E-state index contributed by atoms with van der Waals surface area (Å²) >= 11 is 0. The lowest BCUT2D eigenvalue weighted by atomic mass is 10.1. The minimum atomic E-state index is -0.0965. The molecule has 0 aliphatic carbocycles. The first-order chi connectivity index (χ1) is 8.25. The monoisotopic (exact) mass is 232 g/mol. The fourth-order valence-electron chi connectivity index (χ4n) is 2.77. The van der Waals surface area contributed by atoms with Crippen LogP contribution >= 0.6 is 0 Å². The van der Waals surface area contributed by atoms with Gasteiger partial charge in [-0.1, -0.05) is 18.2 Å². The molecule has 0 spiro atoms. The van der Waals surface area contributed by atoms with E-state index in [4.69, 9.17) is 0 Å². The van der Waals surface area contributed by atoms with Crippen molar-refractivity contribution in [1.29, 1.82) is 0 Å². The highest BCUT2D eigenvalue weighted by Gasteiger charge is 2.21. The molecule has 3 heteroatoms. The number of halogens is 1. The van der Waals surface area contributed by atoms with Crippen LogP contribution < -0.4 is 0 Å². The normalized spacial score (nSPS) is 18.9. The minimum absolute atomic E-state index is 0.0965. The van der Waals surface area contributed by atoms with E-state index in [1.165, 1.54) is 0 Å². The van der Waals surface area contributed by atoms with Gasteiger partial charge in [0, 0.05) is 17.5 Å². The van der Waals surface area contributed by atoms with Gasteiger partial charge in [0.2, 0.25) is 0 Å². The Bertz CT molecular complexity index is 524. The summed E-state index contributed by atoms with van der Waals surface area (Å²) < 4.78 is 15.9. The Balaban J connectivity index is 2.02. The lowest BCUT2D eigenvalue weighted by molar-refractivity contribution is 0.214. The molecule has 2 heterocycles. The molecule has 1 aromatic heterocycles. The molecule has 0 radical (unpaired) electrons. The Morgan fingerprint density at radius 1 is 1.18 bits per heavy atom. The number of likely N-dealkylation sites (tertiary alicyclic amines) is 1. The highest BCUT2D eigenvalue weighted by atomic mass is 19.1. The Morgan fingerprint density at radius 3 is 2.65 bits per heavy atom. The first-order valence-corrected chi connectivity index (χ1v) is 6.20. The number of aromatic nitrogens is 1. The van der Waals surface area contributed by atoms with Crippen LogP contribution in [0.3, 0.4) is 0 Å². The predicted octanol–water partition coefficient (Wildman–Crippen LogP) is 3.05. The summed E-state index contributed by atoms with van der Waals surface area (Å²) in [6, 6.07) is 9.88. The summed E-state index contributed by atoms with van der Waals surface area (Å²) in [7, 11) is 2.13. The molecule has 90 valence electrons. The zero-order valence-electron chi connectivity index (χ0n) is 10.1. The van der Waals surface area contributed by atoms with E-state index in [0.717, 1.165) is 36.8 Å². The standard InChI is InChI=1S/C14H17FN2/c1-16-8-6-12(7-9-16)17-13-5-3-2-4-11(13)10-14(17)15/h2-5,10,12H,6-9H2,1H3. The maximum absolute atomic E-state index is 14.0. The van der Waals surface area contributed by atoms with Gasteiger partial charge in [0.25, 0.3) is 0 Å². The van der Waals surface area contributed by atoms with Crippen molar-refractivity contribution in [3.63, 3.8) is 0 Å². The number of hydrogen-bond acceptors (Lipinski definition) is 1. The van der Waals surface area contributed by atoms with Crippen LogP contribution in [-0.4, -0.2) is 29.6 Å². The maximum Gasteiger partial charge on any atom is 0.195 e. The van der Waals surface area contributed by atoms with Gasteiger partial charge in [-0.15, -0.1) is 0 Å². The number of para-hydroxylation sites is 1. The number of hydrogen-bond donors (Lipinski definition) is 0. The van der Waals surface area contributed by atoms with Crippen molar-refractivity contribution in [3.8, 4) is 0 Å². The second-order valence-electron chi connectivity index (χ2n) is 4.93. The molecular weight excluding hydrogens is 215 g/mol. The van der Waals surface area contributed by atoms with Crippen molar-refractivity contribution >= 4 is 10.9 Å². The number of fused-ring (bicyclic) bond motifs is 1. The first-order valence-electron chi connectivity index (χ1n) is 6.20. The number of benzene rings is 1. The molecule has 0 bridgehead atoms. The van der Waals surface area contributed by atoms with E-state index in [-0.39, 0.29) is 5.95 Å². The predicted molar refractivity (Wildman–Crippen MR) is 67.7 cm³/mol. The van der Waals surface area contributed by atoms with Crippen LogP contribution in [0.25, 0.3) is 10.9 Å². The third kappa shape index (κ3) is 1.84. The number of rotatable bonds is 1. The smallest absolute Gasteiger partial charge is 0.195 e. The van der Waals surface area contributed by atoms with Gasteiger partial charge >= 0.3 is 0 Å². The van der Waals surface area contributed by atoms with Crippen LogP contribution in [0.15, 0.2) is 30.3 Å². The van der Waals surface area contributed by atoms with Gasteiger partial charge in [-0.3, -0.25) is 0 Å². The zero-order valence-corrected chi connectivity index (χ0v) is 10.1. The zero-order chi connectivity index (χ0) is 11.8. The van der Waals surface area contributed by atoms with Gasteiger partial charge in [0.05, 0.1) is 5.52 Å². The summed E-state index contributed by atoms with van der Waals surface area (Å²) in [6.45, 7) is 2.10. The summed E-state index contributed by atoms with van der Waals surface area (Å²) in [5, 5.41) is 1.00. The van der Waals surface area contributed by atoms with Crippen molar-refractivity contribution in [2.75, 3.05) is 20.1 Å². The molecule has 1 aliphatic heterocycles. The molecule has 1 saturated heterocycles. The summed E-state index contributed by atoms with van der Waals surface area (Å²) in [6.07, 6.45) is 2.07. The topological polar surface area (TPSA) is 8.17 Å². The summed E-state index contributed by atoms with van der Waals surface area (Å²) in [5.74, 6) is -0.0965. The van der Waals surface area contributed by atoms with E-state index in [1.807, 2.05) is 28.8 Å². The average Bonchev–Trinajstić information content (AvgIpc) is 2.66. The molecule has 0 N–H and O–H groups in total. The number of nitrogens with zero attached hydrogens (tertiary/aromatic N) is 2. The van der Waals surface area contributed by atoms with Gasteiger partial charge < -0.3 is 9.47 Å². The van der Waals surface area contributed by atoms with E-state index in [1.54, 1.807) is 6.07 Å². The molecule has 2 nitrogen and oxygen atoms in total. The van der Waals surface area contributed by atoms with E-state index >= 15 is 0 Å². The van der Waals surface area contributed by atoms with E-state index in [0.29, 0.717) is 6.04 Å². The quantitative estimate of drug-likeness (QED) is 0.733. The van der Waals surface area contributed by atoms with Crippen LogP contribution in [0.4, 0.5) is 4.39 Å². The van der Waals surface area contributed by atoms with Crippen LogP contribution in [0.1, 0.15) is 18.9 Å². The lowest BCUT2D eigenvalue weighted by Crippen LogP contribution is -2.31. The highest BCUT2D eigenvalue weighted by molar-refractivity contribution is 5.80. The second-order valence-corrected chi connectivity index (χ2v) is 4.93. The van der Waals surface area contributed by atoms with Crippen molar-refractivity contribution in [2.45, 2.75) is 18.9 Å². The van der Waals surface area contributed by atoms with Crippen LogP contribution in [0, 0.1) is 5.95 Å². The van der Waals surface area contributed by atoms with E-state index in [2.05, 4.69) is 11.9 Å². The molecule has 0 saturated carbocycles. The molecule has 0 unspecified atom stereocenters. The van der Waals surface area contributed by atoms with E-state index in [9.17, 15) is 4.39 Å². The molecule has 1 fully saturated rings. The average molecular weight is 232 g/mol. The maximum atomic E-state index is 14.0. The molecule has 0 amide bonds. The third-order valence-electron chi connectivity index (χ3n) is 3.75. The largest absolute Gasteiger partial charge is 0.315 e. The van der Waals surface area contributed by atoms with Crippen molar-refractivity contribution < 1.29 is 4.39 Å². The van der Waals surface area contributed by atoms with Crippen molar-refractivity contribution in [3.05, 3.63) is 36.3 Å². The molecule has 0 atom stereocenters. The lowest BCUT2D eigenvalue weighted by Gasteiger charge is -2.30. The summed E-state index contributed by atoms with van der Waals surface area (Å²) in [4.78, 5) is 2.31. The fourth-order valence-corrected chi connectivity index (χ4v) is 2.77. The molecule has 3 rings (SSSR count). The molecule has 1 aromatic carbocycles. The number of piperidine rings is 1. The van der Waals surface area contributed by atoms with Crippen LogP contribution in [0.5, 0.6) is 0 Å². The molecular formula is C14H17FN2. The Labute approximate surface area is 101 Å². The highest BCUT2D eigenvalue weighted by Crippen LogP contribution is 2.29. The van der Waals surface area contributed by atoms with Gasteiger partial charge in [-0.2, -0.15) is 4.39 Å². The SMILES string of the molecule is CN1CCC(n2c(F)cc3ccccc32)CC1. The van der Waals surface area contributed by atoms with Gasteiger partial charge in [-0.05, 0) is 39.0 Å². The van der Waals surface area contributed by atoms with E-state index < -0.39 is 0 Å². The summed E-state index contributed by atoms with van der Waals surface area (Å²) in [5.41, 5.74) is 1.03. The molecule has 2 aromatic rings. The van der Waals surface area contributed by atoms with Crippen LogP contribution in [-0.2, 0) is 0 Å². The van der Waals surface area contributed by atoms with Gasteiger partial charge in [0.1, 0.15) is 0 Å². The second kappa shape index (κ2) is 4.15. The van der Waals surface area contributed by atoms with Crippen molar-refractivity contribution in [2.24, 2.45) is 0 Å². The van der Waals surface area contributed by atoms with Crippen LogP contribution in [0.2, 0.25) is 0 Å². The fraction of sp³-hybridized carbons (Fsp3) is 0.429. The van der Waals surface area contributed by atoms with Gasteiger partial charge in [-0.25, -0.2) is 0 Å². The van der Waals surface area contributed by atoms with Gasteiger partial charge in [0.15, 0.2) is 5.95 Å². The minimum Gasteiger partial charge on any atom is -0.315 e. The Kier molecular flexibility index (Phi) is 2.63. The third-order valence-corrected chi connectivity index (χ3v) is 3.75. The first kappa shape index (κ1) is 10.8. The Morgan fingerprint density at radius 2 is 1.88 bits per heavy atom.